The first-order chi connectivity index (χ1) is 9.34. The molecule has 0 amide bonds. The molecule has 1 aliphatic carbocycles. The van der Waals surface area contributed by atoms with Crippen molar-refractivity contribution in [2.45, 2.75) is 58.2 Å². The molecule has 4 nitrogen and oxygen atoms in total. The molecular weight excluding hydrogens is 250 g/mol. The van der Waals surface area contributed by atoms with Gasteiger partial charge < -0.3 is 15.3 Å². The number of aliphatic hydroxyl groups is 1. The molecule has 4 heteroatoms. The van der Waals surface area contributed by atoms with Crippen LogP contribution in [0.15, 0.2) is 0 Å². The first-order valence-electron chi connectivity index (χ1n) is 8.12. The lowest BCUT2D eigenvalue weighted by Crippen LogP contribution is -2.61. The molecule has 1 fully saturated rings. The van der Waals surface area contributed by atoms with Crippen molar-refractivity contribution in [1.29, 1.82) is 0 Å². The fraction of sp³-hybridized carbons (Fsp3) is 1.00. The molecule has 0 aromatic heterocycles. The first kappa shape index (κ1) is 17.9. The zero-order chi connectivity index (χ0) is 15.3. The van der Waals surface area contributed by atoms with E-state index in [1.54, 1.807) is 0 Å². The molecule has 2 N–H and O–H groups in total. The molecule has 0 saturated heterocycles. The largest absolute Gasteiger partial charge is 0.394 e. The second-order valence-corrected chi connectivity index (χ2v) is 7.06. The van der Waals surface area contributed by atoms with Gasteiger partial charge in [0.2, 0.25) is 0 Å². The Morgan fingerprint density at radius 1 is 1.25 bits per heavy atom. The Hall–Kier alpha value is -0.160. The van der Waals surface area contributed by atoms with Gasteiger partial charge >= 0.3 is 0 Å². The molecule has 120 valence electrons. The number of hydrogen-bond donors (Lipinski definition) is 2. The van der Waals surface area contributed by atoms with E-state index in [1.807, 2.05) is 0 Å². The number of likely N-dealkylation sites (N-methyl/N-ethyl adjacent to an activating group) is 2. The van der Waals surface area contributed by atoms with Crippen LogP contribution in [0.4, 0.5) is 0 Å². The molecule has 0 aromatic carbocycles. The van der Waals surface area contributed by atoms with Crippen molar-refractivity contribution in [3.8, 4) is 0 Å². The van der Waals surface area contributed by atoms with Crippen molar-refractivity contribution < 1.29 is 5.11 Å². The summed E-state index contributed by atoms with van der Waals surface area (Å²) >= 11 is 0. The smallest absolute Gasteiger partial charge is 0.0628 e. The minimum atomic E-state index is -0.120. The maximum atomic E-state index is 10.0. The van der Waals surface area contributed by atoms with Gasteiger partial charge in [-0.25, -0.2) is 0 Å². The summed E-state index contributed by atoms with van der Waals surface area (Å²) in [6, 6.07) is 0.916. The lowest BCUT2D eigenvalue weighted by molar-refractivity contribution is 0.0640. The fourth-order valence-electron chi connectivity index (χ4n) is 3.31. The molecule has 0 heterocycles. The van der Waals surface area contributed by atoms with Crippen LogP contribution < -0.4 is 5.32 Å². The molecule has 0 aliphatic heterocycles. The summed E-state index contributed by atoms with van der Waals surface area (Å²) < 4.78 is 0. The van der Waals surface area contributed by atoms with Crippen LogP contribution in [0.3, 0.4) is 0 Å². The van der Waals surface area contributed by atoms with Crippen molar-refractivity contribution in [3.05, 3.63) is 0 Å². The van der Waals surface area contributed by atoms with E-state index in [0.717, 1.165) is 19.6 Å². The van der Waals surface area contributed by atoms with Gasteiger partial charge in [-0.05, 0) is 46.3 Å². The summed E-state index contributed by atoms with van der Waals surface area (Å²) in [6.45, 7) is 12.1. The highest BCUT2D eigenvalue weighted by atomic mass is 16.3. The van der Waals surface area contributed by atoms with Crippen molar-refractivity contribution >= 4 is 0 Å². The van der Waals surface area contributed by atoms with Crippen molar-refractivity contribution in [2.24, 2.45) is 5.92 Å². The van der Waals surface area contributed by atoms with Crippen LogP contribution in [0.25, 0.3) is 0 Å². The summed E-state index contributed by atoms with van der Waals surface area (Å²) in [5, 5.41) is 13.7. The SMILES string of the molecule is CCN(CC(CO)(NC(C)C)C1CC1)C(C)CN(C)C. The monoisotopic (exact) mass is 285 g/mol. The molecule has 0 bridgehead atoms. The lowest BCUT2D eigenvalue weighted by Gasteiger charge is -2.42. The molecule has 0 radical (unpaired) electrons. The average molecular weight is 285 g/mol. The van der Waals surface area contributed by atoms with Crippen molar-refractivity contribution in [2.75, 3.05) is 40.3 Å². The Bertz CT molecular complexity index is 279. The summed E-state index contributed by atoms with van der Waals surface area (Å²) in [6.07, 6.45) is 2.50. The van der Waals surface area contributed by atoms with Gasteiger partial charge in [-0.3, -0.25) is 4.90 Å². The van der Waals surface area contributed by atoms with Crippen LogP contribution in [0.1, 0.15) is 40.5 Å². The van der Waals surface area contributed by atoms with Crippen LogP contribution in [0, 0.1) is 5.92 Å². The molecule has 2 atom stereocenters. The maximum absolute atomic E-state index is 10.0. The molecule has 1 aliphatic rings. The van der Waals surface area contributed by atoms with Gasteiger partial charge in [-0.1, -0.05) is 20.8 Å². The van der Waals surface area contributed by atoms with Gasteiger partial charge in [0.25, 0.3) is 0 Å². The van der Waals surface area contributed by atoms with Crippen LogP contribution in [0.2, 0.25) is 0 Å². The minimum Gasteiger partial charge on any atom is -0.394 e. The standard InChI is InChI=1S/C16H35N3O/c1-7-19(14(4)10-18(5)6)11-16(12-20,15-8-9-15)17-13(2)3/h13-15,17,20H,7-12H2,1-6H3. The first-order valence-corrected chi connectivity index (χ1v) is 8.12. The maximum Gasteiger partial charge on any atom is 0.0628 e. The zero-order valence-corrected chi connectivity index (χ0v) is 14.3. The highest BCUT2D eigenvalue weighted by Gasteiger charge is 2.46. The molecule has 1 rings (SSSR count). The average Bonchev–Trinajstić information content (AvgIpc) is 3.17. The van der Waals surface area contributed by atoms with E-state index < -0.39 is 0 Å². The summed E-state index contributed by atoms with van der Waals surface area (Å²) in [7, 11) is 4.24. The lowest BCUT2D eigenvalue weighted by atomic mass is 9.91. The summed E-state index contributed by atoms with van der Waals surface area (Å²) in [5.41, 5.74) is -0.120. The Morgan fingerprint density at radius 3 is 2.20 bits per heavy atom. The Labute approximate surface area is 125 Å². The van der Waals surface area contributed by atoms with E-state index in [9.17, 15) is 5.11 Å². The minimum absolute atomic E-state index is 0.120. The molecule has 2 unspecified atom stereocenters. The third-order valence-corrected chi connectivity index (χ3v) is 4.36. The van der Waals surface area contributed by atoms with E-state index in [1.165, 1.54) is 12.8 Å². The molecule has 1 saturated carbocycles. The van der Waals surface area contributed by atoms with Crippen molar-refractivity contribution in [1.82, 2.24) is 15.1 Å². The van der Waals surface area contributed by atoms with Gasteiger partial charge in [-0.2, -0.15) is 0 Å². The van der Waals surface area contributed by atoms with E-state index >= 15 is 0 Å². The van der Waals surface area contributed by atoms with Gasteiger partial charge in [0, 0.05) is 25.2 Å². The van der Waals surface area contributed by atoms with Crippen LogP contribution in [0.5, 0.6) is 0 Å². The molecule has 20 heavy (non-hydrogen) atoms. The van der Waals surface area contributed by atoms with E-state index in [0.29, 0.717) is 18.0 Å². The van der Waals surface area contributed by atoms with Gasteiger partial charge in [0.05, 0.1) is 12.1 Å². The highest BCUT2D eigenvalue weighted by molar-refractivity contribution is 5.04. The summed E-state index contributed by atoms with van der Waals surface area (Å²) in [5.74, 6) is 0.635. The zero-order valence-electron chi connectivity index (χ0n) is 14.3. The highest BCUT2D eigenvalue weighted by Crippen LogP contribution is 2.40. The van der Waals surface area contributed by atoms with Gasteiger partial charge in [0.1, 0.15) is 0 Å². The van der Waals surface area contributed by atoms with E-state index in [-0.39, 0.29) is 12.1 Å². The third kappa shape index (κ3) is 4.99. The topological polar surface area (TPSA) is 38.7 Å². The number of nitrogens with zero attached hydrogens (tertiary/aromatic N) is 2. The Morgan fingerprint density at radius 2 is 1.85 bits per heavy atom. The van der Waals surface area contributed by atoms with Crippen LogP contribution in [-0.2, 0) is 0 Å². The normalized spacial score (nSPS) is 20.7. The van der Waals surface area contributed by atoms with Gasteiger partial charge in [0.15, 0.2) is 0 Å². The quantitative estimate of drug-likeness (QED) is 0.636. The molecule has 0 spiro atoms. The molecular formula is C16H35N3O. The predicted molar refractivity (Wildman–Crippen MR) is 86.1 cm³/mol. The number of nitrogens with one attached hydrogen (secondary N) is 1. The van der Waals surface area contributed by atoms with Crippen LogP contribution in [-0.4, -0.2) is 72.9 Å². The van der Waals surface area contributed by atoms with Crippen molar-refractivity contribution in [3.63, 3.8) is 0 Å². The van der Waals surface area contributed by atoms with E-state index in [2.05, 4.69) is 56.9 Å². The third-order valence-electron chi connectivity index (χ3n) is 4.36. The van der Waals surface area contributed by atoms with E-state index in [4.69, 9.17) is 0 Å². The Balaban J connectivity index is 2.75. The molecule has 0 aromatic rings. The predicted octanol–water partition coefficient (Wildman–Crippen LogP) is 1.40. The number of rotatable bonds is 10. The van der Waals surface area contributed by atoms with Crippen LogP contribution >= 0.6 is 0 Å². The summed E-state index contributed by atoms with van der Waals surface area (Å²) in [4.78, 5) is 4.74. The fourth-order valence-corrected chi connectivity index (χ4v) is 3.31. The second-order valence-electron chi connectivity index (χ2n) is 7.06. The van der Waals surface area contributed by atoms with Gasteiger partial charge in [-0.15, -0.1) is 0 Å². The number of hydrogen-bond acceptors (Lipinski definition) is 4. The number of aliphatic hydroxyl groups excluding tert-OH is 1. The second kappa shape index (κ2) is 7.74. The Kier molecular flexibility index (Phi) is 6.92.